The standard InChI is InChI=1S/C19H21F3N4O3/c1-3-10(2)24-18(27)12-8-23-26-16(19(20,21)22)7-13(25-17(12)26)11-4-5-14-15(6-11)29-9-28-14/h4-6,8,10,13,16,25H,3,7,9H2,1-2H3,(H,24,27)/t10-,13-,16-/m1/s1. The lowest BCUT2D eigenvalue weighted by molar-refractivity contribution is -0.173. The number of alkyl halides is 3. The van der Waals surface area contributed by atoms with Crippen molar-refractivity contribution in [2.45, 2.75) is 51.0 Å². The van der Waals surface area contributed by atoms with Crippen molar-refractivity contribution in [2.24, 2.45) is 0 Å². The third kappa shape index (κ3) is 3.58. The van der Waals surface area contributed by atoms with Gasteiger partial charge in [0.2, 0.25) is 6.79 Å². The molecular formula is C19H21F3N4O3. The molecule has 1 aromatic carbocycles. The number of aromatic nitrogens is 2. The first kappa shape index (κ1) is 19.4. The molecule has 2 aromatic rings. The fraction of sp³-hybridized carbons (Fsp3) is 0.474. The van der Waals surface area contributed by atoms with E-state index in [2.05, 4.69) is 15.7 Å². The Morgan fingerprint density at radius 3 is 2.86 bits per heavy atom. The molecule has 7 nitrogen and oxygen atoms in total. The highest BCUT2D eigenvalue weighted by atomic mass is 19.4. The van der Waals surface area contributed by atoms with Crippen LogP contribution in [0.15, 0.2) is 24.4 Å². The number of benzene rings is 1. The van der Waals surface area contributed by atoms with Crippen LogP contribution >= 0.6 is 0 Å². The van der Waals surface area contributed by atoms with Gasteiger partial charge in [-0.05, 0) is 31.0 Å². The second-order valence-electron chi connectivity index (χ2n) is 7.24. The van der Waals surface area contributed by atoms with Gasteiger partial charge in [-0.3, -0.25) is 4.79 Å². The van der Waals surface area contributed by atoms with Crippen molar-refractivity contribution in [1.29, 1.82) is 0 Å². The Labute approximate surface area is 165 Å². The zero-order chi connectivity index (χ0) is 20.8. The average molecular weight is 410 g/mol. The van der Waals surface area contributed by atoms with E-state index in [1.165, 1.54) is 6.20 Å². The van der Waals surface area contributed by atoms with Gasteiger partial charge in [0.1, 0.15) is 11.4 Å². The van der Waals surface area contributed by atoms with Crippen LogP contribution in [0.4, 0.5) is 19.0 Å². The summed E-state index contributed by atoms with van der Waals surface area (Å²) >= 11 is 0. The SMILES string of the molecule is CC[C@@H](C)NC(=O)c1cnn2c1N[C@@H](c1ccc3c(c1)OCO3)C[C@@H]2C(F)(F)F. The van der Waals surface area contributed by atoms with Crippen molar-refractivity contribution in [1.82, 2.24) is 15.1 Å². The number of halogens is 3. The highest BCUT2D eigenvalue weighted by Crippen LogP contribution is 2.45. The minimum absolute atomic E-state index is 0.0574. The van der Waals surface area contributed by atoms with E-state index in [9.17, 15) is 18.0 Å². The molecular weight excluding hydrogens is 389 g/mol. The Morgan fingerprint density at radius 2 is 2.14 bits per heavy atom. The minimum Gasteiger partial charge on any atom is -0.454 e. The molecule has 10 heteroatoms. The molecule has 0 fully saturated rings. The normalized spacial score (nSPS) is 21.3. The van der Waals surface area contributed by atoms with Crippen molar-refractivity contribution in [3.8, 4) is 11.5 Å². The van der Waals surface area contributed by atoms with Crippen molar-refractivity contribution >= 4 is 11.7 Å². The van der Waals surface area contributed by atoms with Crippen LogP contribution in [-0.2, 0) is 0 Å². The molecule has 2 aliphatic rings. The van der Waals surface area contributed by atoms with E-state index in [0.29, 0.717) is 23.5 Å². The summed E-state index contributed by atoms with van der Waals surface area (Å²) in [5.74, 6) is 0.639. The fourth-order valence-corrected chi connectivity index (χ4v) is 3.48. The van der Waals surface area contributed by atoms with Gasteiger partial charge in [-0.15, -0.1) is 0 Å². The van der Waals surface area contributed by atoms with Gasteiger partial charge >= 0.3 is 6.18 Å². The summed E-state index contributed by atoms with van der Waals surface area (Å²) in [6.45, 7) is 3.82. The summed E-state index contributed by atoms with van der Waals surface area (Å²) in [5, 5.41) is 9.72. The van der Waals surface area contributed by atoms with Gasteiger partial charge in [0, 0.05) is 12.5 Å². The maximum absolute atomic E-state index is 13.8. The van der Waals surface area contributed by atoms with Crippen LogP contribution in [0.2, 0.25) is 0 Å². The van der Waals surface area contributed by atoms with Crippen LogP contribution in [0.25, 0.3) is 0 Å². The Bertz CT molecular complexity index is 928. The molecule has 156 valence electrons. The van der Waals surface area contributed by atoms with Gasteiger partial charge in [0.05, 0.1) is 12.2 Å². The van der Waals surface area contributed by atoms with E-state index >= 15 is 0 Å². The maximum atomic E-state index is 13.8. The zero-order valence-electron chi connectivity index (χ0n) is 15.9. The summed E-state index contributed by atoms with van der Waals surface area (Å²) in [6.07, 6.45) is -2.89. The van der Waals surface area contributed by atoms with Crippen LogP contribution in [0.5, 0.6) is 11.5 Å². The second kappa shape index (κ2) is 7.16. The van der Waals surface area contributed by atoms with E-state index in [4.69, 9.17) is 9.47 Å². The molecule has 0 radical (unpaired) electrons. The molecule has 0 aliphatic carbocycles. The van der Waals surface area contributed by atoms with E-state index in [0.717, 1.165) is 4.68 Å². The van der Waals surface area contributed by atoms with E-state index < -0.39 is 24.2 Å². The van der Waals surface area contributed by atoms with Crippen molar-refractivity contribution < 1.29 is 27.4 Å². The number of carbonyl (C=O) groups is 1. The smallest absolute Gasteiger partial charge is 0.410 e. The fourth-order valence-electron chi connectivity index (χ4n) is 3.48. The van der Waals surface area contributed by atoms with Crippen LogP contribution in [0, 0.1) is 0 Å². The first-order valence-electron chi connectivity index (χ1n) is 9.39. The van der Waals surface area contributed by atoms with Gasteiger partial charge in [-0.2, -0.15) is 18.3 Å². The predicted molar refractivity (Wildman–Crippen MR) is 98.1 cm³/mol. The summed E-state index contributed by atoms with van der Waals surface area (Å²) in [4.78, 5) is 12.6. The number of anilines is 1. The third-order valence-corrected chi connectivity index (χ3v) is 5.27. The van der Waals surface area contributed by atoms with E-state index in [-0.39, 0.29) is 30.6 Å². The molecule has 1 aromatic heterocycles. The monoisotopic (exact) mass is 410 g/mol. The Morgan fingerprint density at radius 1 is 1.38 bits per heavy atom. The molecule has 4 rings (SSSR count). The molecule has 0 bridgehead atoms. The zero-order valence-corrected chi connectivity index (χ0v) is 15.9. The first-order valence-corrected chi connectivity index (χ1v) is 9.39. The van der Waals surface area contributed by atoms with Gasteiger partial charge < -0.3 is 20.1 Å². The van der Waals surface area contributed by atoms with Crippen LogP contribution in [-0.4, -0.2) is 34.7 Å². The van der Waals surface area contributed by atoms with Crippen molar-refractivity contribution in [3.05, 3.63) is 35.5 Å². The average Bonchev–Trinajstić information content (AvgIpc) is 3.32. The summed E-state index contributed by atoms with van der Waals surface area (Å²) in [5.41, 5.74) is 0.703. The first-order chi connectivity index (χ1) is 13.8. The maximum Gasteiger partial charge on any atom is 0.410 e. The van der Waals surface area contributed by atoms with Gasteiger partial charge in [0.25, 0.3) is 5.91 Å². The number of carbonyl (C=O) groups excluding carboxylic acids is 1. The summed E-state index contributed by atoms with van der Waals surface area (Å²) in [6, 6.07) is 2.41. The number of amides is 1. The Balaban J connectivity index is 1.70. The largest absolute Gasteiger partial charge is 0.454 e. The topological polar surface area (TPSA) is 77.4 Å². The number of rotatable bonds is 4. The molecule has 2 N–H and O–H groups in total. The second-order valence-corrected chi connectivity index (χ2v) is 7.24. The molecule has 3 atom stereocenters. The Hall–Kier alpha value is -2.91. The number of ether oxygens (including phenoxy) is 2. The quantitative estimate of drug-likeness (QED) is 0.802. The van der Waals surface area contributed by atoms with Crippen LogP contribution in [0.1, 0.15) is 54.7 Å². The lowest BCUT2D eigenvalue weighted by Crippen LogP contribution is -2.37. The van der Waals surface area contributed by atoms with Crippen LogP contribution in [0.3, 0.4) is 0 Å². The predicted octanol–water partition coefficient (Wildman–Crippen LogP) is 3.80. The number of fused-ring (bicyclic) bond motifs is 2. The van der Waals surface area contributed by atoms with Crippen molar-refractivity contribution in [3.63, 3.8) is 0 Å². The number of nitrogens with one attached hydrogen (secondary N) is 2. The van der Waals surface area contributed by atoms with Gasteiger partial charge in [-0.1, -0.05) is 13.0 Å². The molecule has 29 heavy (non-hydrogen) atoms. The van der Waals surface area contributed by atoms with E-state index in [1.807, 2.05) is 13.8 Å². The Kier molecular flexibility index (Phi) is 4.79. The molecule has 0 saturated carbocycles. The number of nitrogens with zero attached hydrogens (tertiary/aromatic N) is 2. The summed E-state index contributed by atoms with van der Waals surface area (Å²) < 4.78 is 52.8. The lowest BCUT2D eigenvalue weighted by atomic mass is 9.96. The number of hydrogen-bond acceptors (Lipinski definition) is 5. The molecule has 3 heterocycles. The highest BCUT2D eigenvalue weighted by molar-refractivity contribution is 5.99. The highest BCUT2D eigenvalue weighted by Gasteiger charge is 2.47. The van der Waals surface area contributed by atoms with E-state index in [1.54, 1.807) is 18.2 Å². The van der Waals surface area contributed by atoms with Gasteiger partial charge in [-0.25, -0.2) is 4.68 Å². The molecule has 2 aliphatic heterocycles. The van der Waals surface area contributed by atoms with Gasteiger partial charge in [0.15, 0.2) is 17.5 Å². The third-order valence-electron chi connectivity index (χ3n) is 5.27. The molecule has 0 unspecified atom stereocenters. The minimum atomic E-state index is -4.51. The lowest BCUT2D eigenvalue weighted by Gasteiger charge is -2.34. The van der Waals surface area contributed by atoms with Crippen molar-refractivity contribution in [2.75, 3.05) is 12.1 Å². The van der Waals surface area contributed by atoms with Crippen LogP contribution < -0.4 is 20.1 Å². The number of hydrogen-bond donors (Lipinski definition) is 2. The summed E-state index contributed by atoms with van der Waals surface area (Å²) in [7, 11) is 0. The molecule has 0 spiro atoms. The molecule has 1 amide bonds. The molecule has 0 saturated heterocycles.